The van der Waals surface area contributed by atoms with E-state index in [-0.39, 0.29) is 10.7 Å². The number of halogens is 1. The van der Waals surface area contributed by atoms with E-state index in [0.717, 1.165) is 54.3 Å². The molecule has 2 aliphatic heterocycles. The fourth-order valence-electron chi connectivity index (χ4n) is 5.92. The first kappa shape index (κ1) is 24.3. The predicted octanol–water partition coefficient (Wildman–Crippen LogP) is 3.67. The molecule has 0 N–H and O–H groups in total. The first-order chi connectivity index (χ1) is 17.9. The van der Waals surface area contributed by atoms with Gasteiger partial charge in [-0.25, -0.2) is 22.5 Å². The smallest absolute Gasteiger partial charge is 0.243 e. The Hall–Kier alpha value is -3.08. The van der Waals surface area contributed by atoms with Gasteiger partial charge in [-0.15, -0.1) is 0 Å². The minimum absolute atomic E-state index is 0.282. The van der Waals surface area contributed by atoms with Crippen LogP contribution >= 0.6 is 0 Å². The van der Waals surface area contributed by atoms with Gasteiger partial charge in [0, 0.05) is 51.0 Å². The van der Waals surface area contributed by atoms with E-state index >= 15 is 0 Å². The van der Waals surface area contributed by atoms with E-state index in [1.807, 2.05) is 10.9 Å². The van der Waals surface area contributed by atoms with Gasteiger partial charge in [0.1, 0.15) is 11.6 Å². The summed E-state index contributed by atoms with van der Waals surface area (Å²) in [5.74, 6) is 0.427. The highest BCUT2D eigenvalue weighted by molar-refractivity contribution is 7.89. The Balaban J connectivity index is 1.31. The van der Waals surface area contributed by atoms with Crippen molar-refractivity contribution >= 4 is 21.9 Å². The van der Waals surface area contributed by atoms with Crippen LogP contribution in [0, 0.1) is 11.2 Å². The average Bonchev–Trinajstić information content (AvgIpc) is 3.58. The number of methoxy groups -OCH3 is 1. The number of nitrogens with zero attached hydrogens (tertiary/aromatic N) is 5. The lowest BCUT2D eigenvalue weighted by molar-refractivity contribution is 0.0733. The summed E-state index contributed by atoms with van der Waals surface area (Å²) in [6.07, 6.45) is 8.94. The Morgan fingerprint density at radius 2 is 1.89 bits per heavy atom. The summed E-state index contributed by atoms with van der Waals surface area (Å²) in [7, 11) is -2.06. The molecule has 194 valence electrons. The molecule has 0 spiro atoms. The van der Waals surface area contributed by atoms with Gasteiger partial charge in [0.25, 0.3) is 0 Å². The second-order valence-corrected chi connectivity index (χ2v) is 12.1. The number of piperidine rings is 1. The molecular weight excluding hydrogens is 493 g/mol. The quantitative estimate of drug-likeness (QED) is 0.491. The molecule has 0 saturated carbocycles. The number of hydrogen-bond donors (Lipinski definition) is 0. The standard InChI is InChI=1S/C27H30FN5O3S/c1-36-19-27-16-20-17-30-33(23-6-4-22(28)5-7-23)25(20)14-21(27)9-13-32(18-27)37(34,35)24-8-10-29-26(15-24)31-11-2-3-12-31/h4-8,10,14-15,17H,2-3,9,11-13,16,18-19H2,1H3. The summed E-state index contributed by atoms with van der Waals surface area (Å²) in [5, 5.41) is 4.57. The predicted molar refractivity (Wildman–Crippen MR) is 139 cm³/mol. The number of fused-ring (bicyclic) bond motifs is 2. The minimum atomic E-state index is -3.71. The Morgan fingerprint density at radius 3 is 2.65 bits per heavy atom. The SMILES string of the molecule is COCC12Cc3cnn(-c4ccc(F)cc4)c3C=C1CCN(S(=O)(=O)c1ccnc(N3CCCC3)c1)C2. The molecule has 1 atom stereocenters. The van der Waals surface area contributed by atoms with Crippen molar-refractivity contribution in [2.75, 3.05) is 44.8 Å². The molecule has 3 aliphatic rings. The molecule has 8 nitrogen and oxygen atoms in total. The number of ether oxygens (including phenoxy) is 1. The molecule has 0 bridgehead atoms. The highest BCUT2D eigenvalue weighted by Gasteiger charge is 2.46. The Kier molecular flexibility index (Phi) is 6.13. The van der Waals surface area contributed by atoms with Crippen molar-refractivity contribution in [3.63, 3.8) is 0 Å². The van der Waals surface area contributed by atoms with Crippen molar-refractivity contribution in [1.29, 1.82) is 0 Å². The molecule has 2 fully saturated rings. The third-order valence-corrected chi connectivity index (χ3v) is 9.63. The van der Waals surface area contributed by atoms with Crippen molar-refractivity contribution in [2.45, 2.75) is 30.6 Å². The highest BCUT2D eigenvalue weighted by Crippen LogP contribution is 2.45. The fraction of sp³-hybridized carbons (Fsp3) is 0.407. The molecule has 0 amide bonds. The van der Waals surface area contributed by atoms with Crippen LogP contribution in [0.5, 0.6) is 0 Å². The topological polar surface area (TPSA) is 80.6 Å². The molecule has 2 saturated heterocycles. The third-order valence-electron chi connectivity index (χ3n) is 7.79. The zero-order valence-corrected chi connectivity index (χ0v) is 21.6. The summed E-state index contributed by atoms with van der Waals surface area (Å²) in [4.78, 5) is 6.85. The second-order valence-electron chi connectivity index (χ2n) is 10.1. The lowest BCUT2D eigenvalue weighted by Crippen LogP contribution is -2.51. The van der Waals surface area contributed by atoms with Gasteiger partial charge in [-0.2, -0.15) is 9.40 Å². The van der Waals surface area contributed by atoms with Crippen molar-refractivity contribution in [1.82, 2.24) is 19.1 Å². The second kappa shape index (κ2) is 9.34. The first-order valence-corrected chi connectivity index (χ1v) is 14.1. The van der Waals surface area contributed by atoms with E-state index in [9.17, 15) is 12.8 Å². The summed E-state index contributed by atoms with van der Waals surface area (Å²) < 4.78 is 50.2. The summed E-state index contributed by atoms with van der Waals surface area (Å²) in [5.41, 5.74) is 3.43. The molecule has 1 aliphatic carbocycles. The van der Waals surface area contributed by atoms with E-state index in [4.69, 9.17) is 4.74 Å². The first-order valence-electron chi connectivity index (χ1n) is 12.6. The number of anilines is 1. The molecular formula is C27H30FN5O3S. The van der Waals surface area contributed by atoms with Crippen LogP contribution in [0.4, 0.5) is 10.2 Å². The van der Waals surface area contributed by atoms with Crippen molar-refractivity contribution in [3.05, 3.63) is 71.4 Å². The molecule has 3 aromatic rings. The zero-order valence-electron chi connectivity index (χ0n) is 20.8. The molecule has 2 aromatic heterocycles. The van der Waals surface area contributed by atoms with Crippen LogP contribution in [-0.2, 0) is 21.2 Å². The lowest BCUT2D eigenvalue weighted by atomic mass is 9.69. The van der Waals surface area contributed by atoms with Gasteiger partial charge >= 0.3 is 0 Å². The number of hydrogen-bond acceptors (Lipinski definition) is 6. The van der Waals surface area contributed by atoms with Crippen LogP contribution in [-0.4, -0.2) is 67.4 Å². The van der Waals surface area contributed by atoms with Gasteiger partial charge in [-0.05, 0) is 67.7 Å². The number of rotatable bonds is 6. The maximum absolute atomic E-state index is 13.8. The van der Waals surface area contributed by atoms with Crippen LogP contribution in [0.3, 0.4) is 0 Å². The number of aromatic nitrogens is 3. The van der Waals surface area contributed by atoms with E-state index in [1.165, 1.54) is 12.1 Å². The number of sulfonamides is 1. The molecule has 4 heterocycles. The highest BCUT2D eigenvalue weighted by atomic mass is 32.2. The average molecular weight is 524 g/mol. The number of pyridine rings is 1. The van der Waals surface area contributed by atoms with Gasteiger partial charge in [0.2, 0.25) is 10.0 Å². The van der Waals surface area contributed by atoms with Crippen molar-refractivity contribution < 1.29 is 17.5 Å². The minimum Gasteiger partial charge on any atom is -0.384 e. The summed E-state index contributed by atoms with van der Waals surface area (Å²) in [6, 6.07) is 9.56. The molecule has 1 aromatic carbocycles. The van der Waals surface area contributed by atoms with E-state index in [1.54, 1.807) is 41.9 Å². The van der Waals surface area contributed by atoms with Crippen LogP contribution in [0.1, 0.15) is 30.5 Å². The van der Waals surface area contributed by atoms with E-state index < -0.39 is 15.4 Å². The van der Waals surface area contributed by atoms with Crippen LogP contribution in [0.15, 0.2) is 59.3 Å². The maximum Gasteiger partial charge on any atom is 0.243 e. The monoisotopic (exact) mass is 523 g/mol. The fourth-order valence-corrected chi connectivity index (χ4v) is 7.46. The van der Waals surface area contributed by atoms with Crippen LogP contribution < -0.4 is 4.90 Å². The summed E-state index contributed by atoms with van der Waals surface area (Å²) >= 11 is 0. The van der Waals surface area contributed by atoms with Gasteiger partial charge in [-0.3, -0.25) is 0 Å². The molecule has 10 heteroatoms. The normalized spacial score (nSPS) is 22.0. The Bertz CT molecular complexity index is 1450. The van der Waals surface area contributed by atoms with Crippen LogP contribution in [0.25, 0.3) is 11.8 Å². The third kappa shape index (κ3) is 4.26. The van der Waals surface area contributed by atoms with Gasteiger partial charge in [0.15, 0.2) is 0 Å². The van der Waals surface area contributed by atoms with Gasteiger partial charge in [-0.1, -0.05) is 5.57 Å². The number of benzene rings is 1. The van der Waals surface area contributed by atoms with Crippen LogP contribution in [0.2, 0.25) is 0 Å². The molecule has 1 unspecified atom stereocenters. The van der Waals surface area contributed by atoms with E-state index in [0.29, 0.717) is 32.5 Å². The molecule has 6 rings (SSSR count). The van der Waals surface area contributed by atoms with Crippen molar-refractivity contribution in [3.8, 4) is 5.69 Å². The Morgan fingerprint density at radius 1 is 1.11 bits per heavy atom. The van der Waals surface area contributed by atoms with Gasteiger partial charge < -0.3 is 9.64 Å². The van der Waals surface area contributed by atoms with E-state index in [2.05, 4.69) is 21.1 Å². The zero-order chi connectivity index (χ0) is 25.6. The largest absolute Gasteiger partial charge is 0.384 e. The summed E-state index contributed by atoms with van der Waals surface area (Å²) in [6.45, 7) is 2.93. The van der Waals surface area contributed by atoms with Gasteiger partial charge in [0.05, 0.1) is 29.1 Å². The molecule has 37 heavy (non-hydrogen) atoms. The maximum atomic E-state index is 13.8. The molecule has 0 radical (unpaired) electrons. The lowest BCUT2D eigenvalue weighted by Gasteiger charge is -2.45. The Labute approximate surface area is 216 Å². The van der Waals surface area contributed by atoms with Crippen molar-refractivity contribution in [2.24, 2.45) is 5.41 Å².